The van der Waals surface area contributed by atoms with Crippen LogP contribution in [-0.4, -0.2) is 68.5 Å². The summed E-state index contributed by atoms with van der Waals surface area (Å²) in [5.41, 5.74) is 2.62. The Morgan fingerprint density at radius 2 is 2.03 bits per heavy atom. The normalized spacial score (nSPS) is 14.4. The first kappa shape index (κ1) is 21.3. The minimum absolute atomic E-state index is 0.425. The molecule has 0 amide bonds. The molecule has 3 rings (SSSR count). The molecule has 29 heavy (non-hydrogen) atoms. The number of aromatic nitrogens is 2. The third-order valence-electron chi connectivity index (χ3n) is 4.66. The van der Waals surface area contributed by atoms with Gasteiger partial charge in [0.15, 0.2) is 11.5 Å². The zero-order chi connectivity index (χ0) is 20.5. The number of nitriles is 1. The highest BCUT2D eigenvalue weighted by atomic mass is 32.2. The van der Waals surface area contributed by atoms with Gasteiger partial charge in [0.1, 0.15) is 5.40 Å². The van der Waals surface area contributed by atoms with E-state index in [9.17, 15) is 0 Å². The maximum Gasteiger partial charge on any atom is 0.202 e. The van der Waals surface area contributed by atoms with Crippen molar-refractivity contribution >= 4 is 11.8 Å². The van der Waals surface area contributed by atoms with Gasteiger partial charge < -0.3 is 19.5 Å². The predicted octanol–water partition coefficient (Wildman–Crippen LogP) is 2.16. The standard InChI is InChI=1S/C20H25N5O3S/c1-26-17-4-3-15(11-18(17)27-2)19-16(13-23-20(24-19)29-14-21)12-22-5-6-25-7-9-28-10-8-25/h3-4,11,13,22H,5-10,12H2,1-2H3. The first-order valence-electron chi connectivity index (χ1n) is 9.40. The maximum absolute atomic E-state index is 8.97. The predicted molar refractivity (Wildman–Crippen MR) is 111 cm³/mol. The molecule has 0 unspecified atom stereocenters. The zero-order valence-electron chi connectivity index (χ0n) is 16.7. The van der Waals surface area contributed by atoms with Crippen LogP contribution < -0.4 is 14.8 Å². The molecule has 9 heteroatoms. The summed E-state index contributed by atoms with van der Waals surface area (Å²) in [6.07, 6.45) is 1.78. The van der Waals surface area contributed by atoms with E-state index < -0.39 is 0 Å². The van der Waals surface area contributed by atoms with E-state index in [1.807, 2.05) is 23.6 Å². The monoisotopic (exact) mass is 415 g/mol. The van der Waals surface area contributed by atoms with E-state index >= 15 is 0 Å². The van der Waals surface area contributed by atoms with Crippen LogP contribution in [0.1, 0.15) is 5.56 Å². The summed E-state index contributed by atoms with van der Waals surface area (Å²) in [4.78, 5) is 11.3. The molecular weight excluding hydrogens is 390 g/mol. The van der Waals surface area contributed by atoms with Crippen molar-refractivity contribution < 1.29 is 14.2 Å². The number of benzene rings is 1. The van der Waals surface area contributed by atoms with Gasteiger partial charge in [-0.05, 0) is 18.2 Å². The molecule has 1 aliphatic rings. The lowest BCUT2D eigenvalue weighted by molar-refractivity contribution is 0.0384. The molecule has 8 nitrogen and oxygen atoms in total. The van der Waals surface area contributed by atoms with Gasteiger partial charge in [0.05, 0.1) is 33.1 Å². The zero-order valence-corrected chi connectivity index (χ0v) is 17.5. The van der Waals surface area contributed by atoms with Gasteiger partial charge in [-0.1, -0.05) is 0 Å². The molecule has 2 heterocycles. The van der Waals surface area contributed by atoms with E-state index in [2.05, 4.69) is 20.2 Å². The second-order valence-corrected chi connectivity index (χ2v) is 7.17. The van der Waals surface area contributed by atoms with E-state index in [0.717, 1.165) is 68.0 Å². The molecule has 0 atom stereocenters. The first-order valence-corrected chi connectivity index (χ1v) is 10.2. The molecule has 1 aliphatic heterocycles. The second-order valence-electron chi connectivity index (χ2n) is 6.42. The average Bonchev–Trinajstić information content (AvgIpc) is 2.77. The van der Waals surface area contributed by atoms with Gasteiger partial charge in [-0.2, -0.15) is 5.26 Å². The Kier molecular flexibility index (Phi) is 8.07. The number of ether oxygens (including phenoxy) is 3. The molecule has 0 radical (unpaired) electrons. The average molecular weight is 416 g/mol. The Bertz CT molecular complexity index is 852. The van der Waals surface area contributed by atoms with Crippen LogP contribution in [0.2, 0.25) is 0 Å². The van der Waals surface area contributed by atoms with Gasteiger partial charge in [0, 0.05) is 61.8 Å². The van der Waals surface area contributed by atoms with Crippen LogP contribution in [0.25, 0.3) is 11.3 Å². The van der Waals surface area contributed by atoms with Gasteiger partial charge in [0.25, 0.3) is 0 Å². The lowest BCUT2D eigenvalue weighted by Crippen LogP contribution is -2.40. The maximum atomic E-state index is 8.97. The number of nitrogens with zero attached hydrogens (tertiary/aromatic N) is 4. The smallest absolute Gasteiger partial charge is 0.202 e. The highest BCUT2D eigenvalue weighted by Crippen LogP contribution is 2.33. The van der Waals surface area contributed by atoms with E-state index in [1.165, 1.54) is 0 Å². The summed E-state index contributed by atoms with van der Waals surface area (Å²) in [5, 5.41) is 14.9. The van der Waals surface area contributed by atoms with E-state index in [-0.39, 0.29) is 0 Å². The Morgan fingerprint density at radius 1 is 1.24 bits per heavy atom. The number of thiocyanates is 1. The van der Waals surface area contributed by atoms with Crippen LogP contribution >= 0.6 is 11.8 Å². The summed E-state index contributed by atoms with van der Waals surface area (Å²) in [6, 6.07) is 5.67. The number of rotatable bonds is 9. The molecule has 0 aliphatic carbocycles. The number of nitrogens with one attached hydrogen (secondary N) is 1. The molecule has 1 saturated heterocycles. The van der Waals surface area contributed by atoms with Crippen molar-refractivity contribution in [3.8, 4) is 28.2 Å². The van der Waals surface area contributed by atoms with Crippen molar-refractivity contribution in [2.24, 2.45) is 0 Å². The minimum Gasteiger partial charge on any atom is -0.493 e. The summed E-state index contributed by atoms with van der Waals surface area (Å²) in [6.45, 7) is 6.01. The summed E-state index contributed by atoms with van der Waals surface area (Å²) in [5.74, 6) is 1.28. The molecule has 0 bridgehead atoms. The molecule has 154 valence electrons. The van der Waals surface area contributed by atoms with Crippen molar-refractivity contribution in [2.45, 2.75) is 11.7 Å². The van der Waals surface area contributed by atoms with Crippen LogP contribution in [-0.2, 0) is 11.3 Å². The molecule has 0 saturated carbocycles. The van der Waals surface area contributed by atoms with Gasteiger partial charge >= 0.3 is 0 Å². The first-order chi connectivity index (χ1) is 14.2. The fourth-order valence-electron chi connectivity index (χ4n) is 3.13. The molecule has 1 fully saturated rings. The van der Waals surface area contributed by atoms with Crippen molar-refractivity contribution in [1.82, 2.24) is 20.2 Å². The third kappa shape index (κ3) is 5.81. The number of hydrogen-bond acceptors (Lipinski definition) is 9. The number of hydrogen-bond donors (Lipinski definition) is 1. The lowest BCUT2D eigenvalue weighted by atomic mass is 10.1. The van der Waals surface area contributed by atoms with Gasteiger partial charge in [-0.3, -0.25) is 4.90 Å². The number of morpholine rings is 1. The van der Waals surface area contributed by atoms with Crippen molar-refractivity contribution in [3.05, 3.63) is 30.0 Å². The van der Waals surface area contributed by atoms with Crippen LogP contribution in [0.4, 0.5) is 0 Å². The van der Waals surface area contributed by atoms with Gasteiger partial charge in [0.2, 0.25) is 5.16 Å². The number of thioether (sulfide) groups is 1. The van der Waals surface area contributed by atoms with E-state index in [0.29, 0.717) is 23.2 Å². The number of methoxy groups -OCH3 is 2. The van der Waals surface area contributed by atoms with Crippen molar-refractivity contribution in [3.63, 3.8) is 0 Å². The summed E-state index contributed by atoms with van der Waals surface area (Å²) >= 11 is 0.946. The Labute approximate surface area is 175 Å². The minimum atomic E-state index is 0.425. The summed E-state index contributed by atoms with van der Waals surface area (Å²) in [7, 11) is 3.21. The summed E-state index contributed by atoms with van der Waals surface area (Å²) < 4.78 is 16.1. The largest absolute Gasteiger partial charge is 0.493 e. The Hall–Kier alpha value is -2.38. The molecule has 0 spiro atoms. The Morgan fingerprint density at radius 3 is 2.76 bits per heavy atom. The molecule has 1 aromatic carbocycles. The fourth-order valence-corrected chi connectivity index (χ4v) is 3.45. The van der Waals surface area contributed by atoms with Crippen LogP contribution in [0.15, 0.2) is 29.6 Å². The second kappa shape index (κ2) is 11.0. The van der Waals surface area contributed by atoms with Crippen LogP contribution in [0.5, 0.6) is 11.5 Å². The fraction of sp³-hybridized carbons (Fsp3) is 0.450. The molecule has 1 aromatic heterocycles. The quantitative estimate of drug-likeness (QED) is 0.286. The SMILES string of the molecule is COc1ccc(-c2nc(SC#N)ncc2CNCCN2CCOCC2)cc1OC. The van der Waals surface area contributed by atoms with Crippen LogP contribution in [0, 0.1) is 10.7 Å². The van der Waals surface area contributed by atoms with Crippen LogP contribution in [0.3, 0.4) is 0 Å². The Balaban J connectivity index is 1.75. The molecule has 1 N–H and O–H groups in total. The van der Waals surface area contributed by atoms with Gasteiger partial charge in [-0.25, -0.2) is 9.97 Å². The molecule has 2 aromatic rings. The topological polar surface area (TPSA) is 92.5 Å². The highest BCUT2D eigenvalue weighted by molar-refractivity contribution is 8.03. The van der Waals surface area contributed by atoms with E-state index in [1.54, 1.807) is 20.4 Å². The van der Waals surface area contributed by atoms with E-state index in [4.69, 9.17) is 19.5 Å². The van der Waals surface area contributed by atoms with Gasteiger partial charge in [-0.15, -0.1) is 0 Å². The third-order valence-corrected chi connectivity index (χ3v) is 5.13. The van der Waals surface area contributed by atoms with Crippen molar-refractivity contribution in [2.75, 3.05) is 53.6 Å². The lowest BCUT2D eigenvalue weighted by Gasteiger charge is -2.26. The van der Waals surface area contributed by atoms with Crippen molar-refractivity contribution in [1.29, 1.82) is 5.26 Å². The molecular formula is C20H25N5O3S. The highest BCUT2D eigenvalue weighted by Gasteiger charge is 2.14.